The fourth-order valence-corrected chi connectivity index (χ4v) is 3.76. The van der Waals surface area contributed by atoms with Crippen molar-refractivity contribution >= 4 is 27.5 Å². The number of terminal acetylenes is 1. The maximum atomic E-state index is 13.5. The largest absolute Gasteiger partial charge is 0.486 e. The van der Waals surface area contributed by atoms with E-state index in [9.17, 15) is 9.18 Å². The molecule has 0 bridgehead atoms. The number of fused-ring (bicyclic) bond motifs is 2. The summed E-state index contributed by atoms with van der Waals surface area (Å²) >= 11 is 1.21. The average molecular weight is 368 g/mol. The number of hydrogen-bond acceptors (Lipinski definition) is 4. The number of thiazole rings is 1. The van der Waals surface area contributed by atoms with Crippen molar-refractivity contribution in [2.75, 3.05) is 13.2 Å². The van der Waals surface area contributed by atoms with E-state index in [0.717, 1.165) is 5.52 Å². The van der Waals surface area contributed by atoms with Crippen LogP contribution < -0.4 is 14.3 Å². The molecule has 0 unspecified atom stereocenters. The van der Waals surface area contributed by atoms with Crippen molar-refractivity contribution in [3.8, 4) is 23.8 Å². The third-order valence-electron chi connectivity index (χ3n) is 3.88. The molecule has 5 nitrogen and oxygen atoms in total. The minimum Gasteiger partial charge on any atom is -0.486 e. The Bertz CT molecular complexity index is 1120. The summed E-state index contributed by atoms with van der Waals surface area (Å²) in [6.07, 6.45) is 5.43. The van der Waals surface area contributed by atoms with Crippen LogP contribution in [-0.4, -0.2) is 23.7 Å². The van der Waals surface area contributed by atoms with Crippen LogP contribution in [0.5, 0.6) is 11.5 Å². The number of carbonyl (C=O) groups excluding carboxylic acids is 1. The van der Waals surface area contributed by atoms with Crippen LogP contribution in [0, 0.1) is 18.2 Å². The first-order chi connectivity index (χ1) is 12.7. The van der Waals surface area contributed by atoms with Crippen LogP contribution in [0.2, 0.25) is 0 Å². The maximum absolute atomic E-state index is 13.5. The zero-order valence-electron chi connectivity index (χ0n) is 13.6. The highest BCUT2D eigenvalue weighted by molar-refractivity contribution is 7.16. The summed E-state index contributed by atoms with van der Waals surface area (Å²) in [4.78, 5) is 17.2. The molecule has 0 radical (unpaired) electrons. The molecule has 7 heteroatoms. The van der Waals surface area contributed by atoms with E-state index in [1.54, 1.807) is 28.8 Å². The van der Waals surface area contributed by atoms with Crippen LogP contribution in [0.1, 0.15) is 10.4 Å². The quantitative estimate of drug-likeness (QED) is 0.654. The number of ether oxygens (including phenoxy) is 2. The molecule has 26 heavy (non-hydrogen) atoms. The molecule has 0 atom stereocenters. The second kappa shape index (κ2) is 6.65. The van der Waals surface area contributed by atoms with Gasteiger partial charge in [-0.2, -0.15) is 4.99 Å². The zero-order chi connectivity index (χ0) is 18.1. The topological polar surface area (TPSA) is 52.8 Å². The third-order valence-corrected chi connectivity index (χ3v) is 4.92. The third kappa shape index (κ3) is 2.95. The van der Waals surface area contributed by atoms with Gasteiger partial charge in [-0.3, -0.25) is 4.79 Å². The summed E-state index contributed by atoms with van der Waals surface area (Å²) in [6.45, 7) is 1.15. The van der Waals surface area contributed by atoms with Crippen LogP contribution >= 0.6 is 11.3 Å². The molecule has 0 spiro atoms. The highest BCUT2D eigenvalue weighted by Gasteiger charge is 2.15. The smallest absolute Gasteiger partial charge is 0.279 e. The van der Waals surface area contributed by atoms with Crippen molar-refractivity contribution in [1.29, 1.82) is 0 Å². The number of hydrogen-bond donors (Lipinski definition) is 0. The monoisotopic (exact) mass is 368 g/mol. The van der Waals surface area contributed by atoms with Crippen LogP contribution in [0.4, 0.5) is 4.39 Å². The van der Waals surface area contributed by atoms with Crippen molar-refractivity contribution in [2.45, 2.75) is 6.54 Å². The van der Waals surface area contributed by atoms with Crippen LogP contribution in [0.3, 0.4) is 0 Å². The van der Waals surface area contributed by atoms with Crippen LogP contribution in [0.15, 0.2) is 41.4 Å². The Balaban J connectivity index is 1.79. The normalized spacial score (nSPS) is 13.6. The molecule has 1 amide bonds. The first-order valence-corrected chi connectivity index (χ1v) is 8.68. The molecule has 2 heterocycles. The summed E-state index contributed by atoms with van der Waals surface area (Å²) in [5, 5.41) is 0. The molecule has 0 fully saturated rings. The van der Waals surface area contributed by atoms with Crippen LogP contribution in [0.25, 0.3) is 10.2 Å². The molecule has 0 aliphatic carbocycles. The summed E-state index contributed by atoms with van der Waals surface area (Å²) in [5.74, 6) is 2.88. The fraction of sp³-hybridized carbons (Fsp3) is 0.158. The van der Waals surface area contributed by atoms with Gasteiger partial charge >= 0.3 is 0 Å². The average Bonchev–Trinajstić information content (AvgIpc) is 2.98. The highest BCUT2D eigenvalue weighted by Crippen LogP contribution is 2.31. The van der Waals surface area contributed by atoms with Gasteiger partial charge in [0.15, 0.2) is 16.3 Å². The predicted molar refractivity (Wildman–Crippen MR) is 95.9 cm³/mol. The van der Waals surface area contributed by atoms with E-state index in [4.69, 9.17) is 15.9 Å². The van der Waals surface area contributed by atoms with E-state index in [2.05, 4.69) is 10.9 Å². The SMILES string of the molecule is C#CCn1c(=NC(=O)c2ccc3c(c2)OCCO3)sc2cc(F)ccc21. The van der Waals surface area contributed by atoms with Crippen molar-refractivity contribution in [1.82, 2.24) is 4.57 Å². The molecule has 0 saturated heterocycles. The van der Waals surface area contributed by atoms with E-state index in [0.29, 0.717) is 39.8 Å². The molecule has 3 aromatic rings. The Morgan fingerprint density at radius 1 is 1.23 bits per heavy atom. The summed E-state index contributed by atoms with van der Waals surface area (Å²) < 4.78 is 26.8. The molecule has 2 aromatic carbocycles. The number of benzene rings is 2. The summed E-state index contributed by atoms with van der Waals surface area (Å²) in [5.41, 5.74) is 1.12. The molecular weight excluding hydrogens is 355 g/mol. The molecule has 0 saturated carbocycles. The van der Waals surface area contributed by atoms with Crippen LogP contribution in [-0.2, 0) is 6.54 Å². The second-order valence-electron chi connectivity index (χ2n) is 5.56. The molecule has 130 valence electrons. The fourth-order valence-electron chi connectivity index (χ4n) is 2.70. The lowest BCUT2D eigenvalue weighted by atomic mass is 10.2. The van der Waals surface area contributed by atoms with Gasteiger partial charge in [0.05, 0.1) is 16.8 Å². The van der Waals surface area contributed by atoms with Gasteiger partial charge in [0.2, 0.25) is 0 Å². The molecule has 0 N–H and O–H groups in total. The Labute approximate surface area is 152 Å². The lowest BCUT2D eigenvalue weighted by molar-refractivity contribution is 0.0996. The second-order valence-corrected chi connectivity index (χ2v) is 6.57. The highest BCUT2D eigenvalue weighted by atomic mass is 32.1. The van der Waals surface area contributed by atoms with Gasteiger partial charge in [0.25, 0.3) is 5.91 Å². The summed E-state index contributed by atoms with van der Waals surface area (Å²) in [6, 6.07) is 9.32. The number of rotatable bonds is 2. The maximum Gasteiger partial charge on any atom is 0.279 e. The van der Waals surface area contributed by atoms with Crippen molar-refractivity contribution < 1.29 is 18.7 Å². The molecular formula is C19H13FN2O3S. The van der Waals surface area contributed by atoms with Gasteiger partial charge in [0.1, 0.15) is 19.0 Å². The van der Waals surface area contributed by atoms with E-state index < -0.39 is 5.91 Å². The Kier molecular flexibility index (Phi) is 4.19. The number of amides is 1. The van der Waals surface area contributed by atoms with Gasteiger partial charge in [0, 0.05) is 5.56 Å². The minimum atomic E-state index is -0.431. The van der Waals surface area contributed by atoms with E-state index in [-0.39, 0.29) is 12.4 Å². The van der Waals surface area contributed by atoms with E-state index >= 15 is 0 Å². The van der Waals surface area contributed by atoms with Gasteiger partial charge in [-0.15, -0.1) is 6.42 Å². The van der Waals surface area contributed by atoms with E-state index in [1.165, 1.54) is 23.5 Å². The summed E-state index contributed by atoms with van der Waals surface area (Å²) in [7, 11) is 0. The van der Waals surface area contributed by atoms with Crippen molar-refractivity contribution in [2.24, 2.45) is 4.99 Å². The van der Waals surface area contributed by atoms with Gasteiger partial charge in [-0.1, -0.05) is 17.3 Å². The van der Waals surface area contributed by atoms with Gasteiger partial charge in [-0.05, 0) is 36.4 Å². The Hall–Kier alpha value is -3.11. The van der Waals surface area contributed by atoms with Gasteiger partial charge < -0.3 is 14.0 Å². The Morgan fingerprint density at radius 2 is 2.04 bits per heavy atom. The minimum absolute atomic E-state index is 0.235. The van der Waals surface area contributed by atoms with E-state index in [1.807, 2.05) is 0 Å². The number of nitrogens with zero attached hydrogens (tertiary/aromatic N) is 2. The standard InChI is InChI=1S/C19H13FN2O3S/c1-2-7-22-14-5-4-13(20)11-17(14)26-19(22)21-18(23)12-3-6-15-16(10-12)25-9-8-24-15/h1,3-6,10-11H,7-9H2. The Morgan fingerprint density at radius 3 is 2.85 bits per heavy atom. The molecule has 1 aliphatic rings. The van der Waals surface area contributed by atoms with Gasteiger partial charge in [-0.25, -0.2) is 4.39 Å². The molecule has 1 aliphatic heterocycles. The lowest BCUT2D eigenvalue weighted by Crippen LogP contribution is -2.17. The number of carbonyl (C=O) groups is 1. The number of aromatic nitrogens is 1. The van der Waals surface area contributed by atoms with Crippen molar-refractivity contribution in [3.63, 3.8) is 0 Å². The number of halogens is 1. The first kappa shape index (κ1) is 16.4. The molecule has 4 rings (SSSR count). The predicted octanol–water partition coefficient (Wildman–Crippen LogP) is 2.99. The lowest BCUT2D eigenvalue weighted by Gasteiger charge is -2.18. The first-order valence-electron chi connectivity index (χ1n) is 7.87. The molecule has 1 aromatic heterocycles. The zero-order valence-corrected chi connectivity index (χ0v) is 14.4. The van der Waals surface area contributed by atoms with Crippen molar-refractivity contribution in [3.05, 3.63) is 52.6 Å².